The van der Waals surface area contributed by atoms with Gasteiger partial charge < -0.3 is 14.8 Å². The van der Waals surface area contributed by atoms with Crippen molar-refractivity contribution in [1.29, 1.82) is 0 Å². The van der Waals surface area contributed by atoms with Crippen molar-refractivity contribution < 1.29 is 28.4 Å². The summed E-state index contributed by atoms with van der Waals surface area (Å²) in [4.78, 5) is 34.1. The second-order valence-corrected chi connectivity index (χ2v) is 5.51. The average molecular weight is 404 g/mol. The fourth-order valence-corrected chi connectivity index (χ4v) is 2.26. The van der Waals surface area contributed by atoms with E-state index in [0.29, 0.717) is 0 Å². The lowest BCUT2D eigenvalue weighted by Gasteiger charge is -2.08. The van der Waals surface area contributed by atoms with Crippen LogP contribution in [0.4, 0.5) is 10.1 Å². The van der Waals surface area contributed by atoms with Gasteiger partial charge in [-0.25, -0.2) is 9.82 Å². The van der Waals surface area contributed by atoms with E-state index in [2.05, 4.69) is 15.8 Å². The fourth-order valence-electron chi connectivity index (χ4n) is 2.26. The van der Waals surface area contributed by atoms with Crippen LogP contribution in [0.15, 0.2) is 41.5 Å². The smallest absolute Gasteiger partial charge is 0.311 e. The molecule has 2 rings (SSSR count). The van der Waals surface area contributed by atoms with E-state index in [0.717, 1.165) is 12.3 Å². The van der Waals surface area contributed by atoms with E-state index in [-0.39, 0.29) is 28.3 Å². The first kappa shape index (κ1) is 21.3. The number of benzene rings is 2. The van der Waals surface area contributed by atoms with Crippen molar-refractivity contribution in [3.63, 3.8) is 0 Å². The van der Waals surface area contributed by atoms with Crippen molar-refractivity contribution >= 4 is 23.7 Å². The lowest BCUT2D eigenvalue weighted by atomic mass is 10.1. The minimum absolute atomic E-state index is 0.00750. The number of halogens is 1. The zero-order valence-corrected chi connectivity index (χ0v) is 15.5. The van der Waals surface area contributed by atoms with Crippen molar-refractivity contribution in [1.82, 2.24) is 10.7 Å². The molecule has 0 aliphatic carbocycles. The highest BCUT2D eigenvalue weighted by Crippen LogP contribution is 2.33. The molecular weight excluding hydrogens is 387 g/mol. The molecule has 0 heterocycles. The summed E-state index contributed by atoms with van der Waals surface area (Å²) in [6, 6.07) is 7.50. The Morgan fingerprint density at radius 1 is 1.21 bits per heavy atom. The van der Waals surface area contributed by atoms with Crippen LogP contribution in [-0.4, -0.2) is 43.7 Å². The van der Waals surface area contributed by atoms with Gasteiger partial charge in [-0.3, -0.25) is 19.7 Å². The van der Waals surface area contributed by atoms with Gasteiger partial charge in [0.2, 0.25) is 5.75 Å². The zero-order valence-electron chi connectivity index (χ0n) is 15.5. The number of rotatable bonds is 8. The van der Waals surface area contributed by atoms with Gasteiger partial charge in [0.25, 0.3) is 11.8 Å². The number of nitrogens with zero attached hydrogens (tertiary/aromatic N) is 2. The number of hydrogen-bond acceptors (Lipinski definition) is 7. The van der Waals surface area contributed by atoms with Gasteiger partial charge >= 0.3 is 5.69 Å². The molecule has 0 spiro atoms. The number of nitro benzene ring substituents is 1. The Labute approximate surface area is 164 Å². The molecule has 0 unspecified atom stereocenters. The van der Waals surface area contributed by atoms with Crippen molar-refractivity contribution in [3.8, 4) is 11.5 Å². The molecule has 0 aliphatic rings. The van der Waals surface area contributed by atoms with Crippen LogP contribution in [0.2, 0.25) is 0 Å². The Hall–Kier alpha value is -4.02. The van der Waals surface area contributed by atoms with Crippen LogP contribution in [0.25, 0.3) is 0 Å². The first-order chi connectivity index (χ1) is 13.8. The lowest BCUT2D eigenvalue weighted by molar-refractivity contribution is -0.385. The molecule has 29 heavy (non-hydrogen) atoms. The number of carbonyl (C=O) groups excluding carboxylic acids is 2. The van der Waals surface area contributed by atoms with Gasteiger partial charge in [-0.1, -0.05) is 6.07 Å². The number of amides is 2. The third-order valence-electron chi connectivity index (χ3n) is 3.62. The standard InChI is InChI=1S/C18H17FN4O6/c1-28-15-8-16(29-2)14(23(26)27)7-12(15)9-21-22-17(24)10-20-18(25)11-4-3-5-13(19)6-11/h3-9H,10H2,1-2H3,(H,20,25)(H,22,24)/b21-9+. The quantitative estimate of drug-likeness (QED) is 0.390. The van der Waals surface area contributed by atoms with Gasteiger partial charge in [-0.2, -0.15) is 5.10 Å². The molecule has 2 amide bonds. The summed E-state index contributed by atoms with van der Waals surface area (Å²) in [5, 5.41) is 17.1. The highest BCUT2D eigenvalue weighted by molar-refractivity contribution is 5.96. The third-order valence-corrected chi connectivity index (χ3v) is 3.62. The Balaban J connectivity index is 2.00. The molecule has 0 fully saturated rings. The van der Waals surface area contributed by atoms with E-state index in [4.69, 9.17) is 9.47 Å². The molecule has 152 valence electrons. The Morgan fingerprint density at radius 3 is 2.55 bits per heavy atom. The molecule has 0 aliphatic heterocycles. The molecular formula is C18H17FN4O6. The van der Waals surface area contributed by atoms with Crippen molar-refractivity contribution in [2.45, 2.75) is 0 Å². The molecule has 2 aromatic rings. The summed E-state index contributed by atoms with van der Waals surface area (Å²) in [6.45, 7) is -0.410. The summed E-state index contributed by atoms with van der Waals surface area (Å²) in [6.07, 6.45) is 1.15. The minimum Gasteiger partial charge on any atom is -0.496 e. The monoisotopic (exact) mass is 404 g/mol. The molecule has 10 nitrogen and oxygen atoms in total. The molecule has 0 saturated heterocycles. The van der Waals surface area contributed by atoms with Gasteiger partial charge in [0.05, 0.1) is 31.9 Å². The number of carbonyl (C=O) groups is 2. The predicted molar refractivity (Wildman–Crippen MR) is 101 cm³/mol. The number of methoxy groups -OCH3 is 2. The highest BCUT2D eigenvalue weighted by atomic mass is 19.1. The van der Waals surface area contributed by atoms with E-state index in [1.807, 2.05) is 0 Å². The lowest BCUT2D eigenvalue weighted by Crippen LogP contribution is -2.34. The van der Waals surface area contributed by atoms with Crippen LogP contribution >= 0.6 is 0 Å². The zero-order chi connectivity index (χ0) is 21.4. The van der Waals surface area contributed by atoms with Gasteiger partial charge in [0.1, 0.15) is 11.6 Å². The Morgan fingerprint density at radius 2 is 1.93 bits per heavy atom. The van der Waals surface area contributed by atoms with Crippen LogP contribution in [-0.2, 0) is 4.79 Å². The number of hydrogen-bond donors (Lipinski definition) is 2. The van der Waals surface area contributed by atoms with Gasteiger partial charge in [0, 0.05) is 23.3 Å². The SMILES string of the molecule is COc1cc(OC)c([N+](=O)[O-])cc1/C=N/NC(=O)CNC(=O)c1cccc(F)c1. The van der Waals surface area contributed by atoms with Gasteiger partial charge in [-0.05, 0) is 18.2 Å². The summed E-state index contributed by atoms with van der Waals surface area (Å²) < 4.78 is 23.2. The van der Waals surface area contributed by atoms with Gasteiger partial charge in [0.15, 0.2) is 0 Å². The van der Waals surface area contributed by atoms with E-state index in [1.54, 1.807) is 0 Å². The minimum atomic E-state index is -0.659. The topological polar surface area (TPSA) is 132 Å². The number of nitro groups is 1. The molecule has 0 bridgehead atoms. The second-order valence-electron chi connectivity index (χ2n) is 5.51. The van der Waals surface area contributed by atoms with Gasteiger partial charge in [-0.15, -0.1) is 0 Å². The first-order valence-electron chi connectivity index (χ1n) is 8.11. The molecule has 0 saturated carbocycles. The summed E-state index contributed by atoms with van der Waals surface area (Å²) in [7, 11) is 2.65. The molecule has 0 radical (unpaired) electrons. The molecule has 11 heteroatoms. The largest absolute Gasteiger partial charge is 0.496 e. The van der Waals surface area contributed by atoms with Crippen molar-refractivity contribution in [3.05, 3.63) is 63.5 Å². The maximum Gasteiger partial charge on any atom is 0.311 e. The van der Waals surface area contributed by atoms with Crippen molar-refractivity contribution in [2.24, 2.45) is 5.10 Å². The fraction of sp³-hybridized carbons (Fsp3) is 0.167. The van der Waals surface area contributed by atoms with Crippen LogP contribution in [0.1, 0.15) is 15.9 Å². The van der Waals surface area contributed by atoms with E-state index >= 15 is 0 Å². The normalized spacial score (nSPS) is 10.4. The highest BCUT2D eigenvalue weighted by Gasteiger charge is 2.19. The van der Waals surface area contributed by atoms with Crippen LogP contribution in [0.5, 0.6) is 11.5 Å². The number of ether oxygens (including phenoxy) is 2. The molecule has 2 aromatic carbocycles. The van der Waals surface area contributed by atoms with Crippen LogP contribution < -0.4 is 20.2 Å². The molecule has 0 atom stereocenters. The maximum absolute atomic E-state index is 13.1. The average Bonchev–Trinajstić information content (AvgIpc) is 2.71. The second kappa shape index (κ2) is 9.78. The van der Waals surface area contributed by atoms with E-state index < -0.39 is 29.1 Å². The number of nitrogens with one attached hydrogen (secondary N) is 2. The third kappa shape index (κ3) is 5.73. The Bertz CT molecular complexity index is 963. The first-order valence-corrected chi connectivity index (χ1v) is 8.11. The number of hydrazone groups is 1. The predicted octanol–water partition coefficient (Wildman–Crippen LogP) is 1.63. The molecule has 0 aromatic heterocycles. The molecule has 2 N–H and O–H groups in total. The Kier molecular flexibility index (Phi) is 7.18. The maximum atomic E-state index is 13.1. The summed E-state index contributed by atoms with van der Waals surface area (Å²) >= 11 is 0. The van der Waals surface area contributed by atoms with Crippen LogP contribution in [0.3, 0.4) is 0 Å². The van der Waals surface area contributed by atoms with E-state index in [1.165, 1.54) is 44.6 Å². The van der Waals surface area contributed by atoms with E-state index in [9.17, 15) is 24.1 Å². The van der Waals surface area contributed by atoms with Crippen LogP contribution in [0, 0.1) is 15.9 Å². The summed E-state index contributed by atoms with van der Waals surface area (Å²) in [5.41, 5.74) is 2.15. The van der Waals surface area contributed by atoms with Crippen molar-refractivity contribution in [2.75, 3.05) is 20.8 Å². The summed E-state index contributed by atoms with van der Waals surface area (Å²) in [5.74, 6) is -1.61.